The van der Waals surface area contributed by atoms with Crippen LogP contribution >= 0.6 is 11.8 Å². The zero-order valence-electron chi connectivity index (χ0n) is 9.50. The maximum atomic E-state index is 10.7. The first-order valence-electron chi connectivity index (χ1n) is 5.92. The number of carbonyl (C=O) groups excluding carboxylic acids is 1. The number of pyridine rings is 1. The predicted octanol–water partition coefficient (Wildman–Crippen LogP) is 3.11. The van der Waals surface area contributed by atoms with Crippen LogP contribution in [0.3, 0.4) is 0 Å². The average Bonchev–Trinajstić information content (AvgIpc) is 2.82. The summed E-state index contributed by atoms with van der Waals surface area (Å²) in [7, 11) is 0. The van der Waals surface area contributed by atoms with Crippen molar-refractivity contribution in [3.8, 4) is 0 Å². The molecule has 4 heteroatoms. The Bertz CT molecular complexity index is 543. The summed E-state index contributed by atoms with van der Waals surface area (Å²) in [6.45, 7) is 0. The number of imidazole rings is 1. The van der Waals surface area contributed by atoms with Crippen LogP contribution in [0.2, 0.25) is 0 Å². The number of hydrogen-bond donors (Lipinski definition) is 0. The van der Waals surface area contributed by atoms with Crippen molar-refractivity contribution in [2.24, 2.45) is 0 Å². The zero-order chi connectivity index (χ0) is 11.7. The predicted molar refractivity (Wildman–Crippen MR) is 69.6 cm³/mol. The molecule has 0 bridgehead atoms. The number of aldehydes is 1. The first-order valence-corrected chi connectivity index (χ1v) is 6.97. The van der Waals surface area contributed by atoms with E-state index in [9.17, 15) is 4.79 Å². The van der Waals surface area contributed by atoms with Crippen LogP contribution in [0.1, 0.15) is 40.7 Å². The Morgan fingerprint density at radius 3 is 3.18 bits per heavy atom. The van der Waals surface area contributed by atoms with Gasteiger partial charge in [-0.3, -0.25) is 4.79 Å². The van der Waals surface area contributed by atoms with E-state index >= 15 is 0 Å². The summed E-state index contributed by atoms with van der Waals surface area (Å²) in [5.41, 5.74) is 1.72. The smallest absolute Gasteiger partial charge is 0.150 e. The van der Waals surface area contributed by atoms with E-state index in [1.54, 1.807) is 0 Å². The van der Waals surface area contributed by atoms with Gasteiger partial charge in [0.1, 0.15) is 12.1 Å². The first-order chi connectivity index (χ1) is 8.38. The molecule has 1 aliphatic heterocycles. The summed E-state index contributed by atoms with van der Waals surface area (Å²) < 4.78 is 2.11. The second-order valence-corrected chi connectivity index (χ2v) is 5.66. The van der Waals surface area contributed by atoms with Gasteiger partial charge >= 0.3 is 0 Å². The highest BCUT2D eigenvalue weighted by atomic mass is 32.2. The van der Waals surface area contributed by atoms with Gasteiger partial charge in [-0.2, -0.15) is 11.8 Å². The van der Waals surface area contributed by atoms with Crippen molar-refractivity contribution in [2.75, 3.05) is 5.75 Å². The lowest BCUT2D eigenvalue weighted by molar-refractivity contribution is 0.112. The third-order valence-electron chi connectivity index (χ3n) is 3.19. The monoisotopic (exact) mass is 246 g/mol. The largest absolute Gasteiger partial charge is 0.303 e. The number of fused-ring (bicyclic) bond motifs is 1. The maximum absolute atomic E-state index is 10.7. The molecule has 0 aromatic carbocycles. The molecular formula is C13H14N2OS. The lowest BCUT2D eigenvalue weighted by atomic mass is 10.2. The molecule has 2 aromatic heterocycles. The van der Waals surface area contributed by atoms with Gasteiger partial charge in [-0.15, -0.1) is 0 Å². The highest BCUT2D eigenvalue weighted by Crippen LogP contribution is 2.37. The minimum absolute atomic E-state index is 0.508. The molecule has 1 aliphatic rings. The van der Waals surface area contributed by atoms with Crippen LogP contribution in [0.5, 0.6) is 0 Å². The molecule has 0 amide bonds. The number of carbonyl (C=O) groups is 1. The Morgan fingerprint density at radius 2 is 2.41 bits per heavy atom. The fourth-order valence-electron chi connectivity index (χ4n) is 2.29. The van der Waals surface area contributed by atoms with Crippen molar-refractivity contribution >= 4 is 23.6 Å². The molecule has 17 heavy (non-hydrogen) atoms. The third-order valence-corrected chi connectivity index (χ3v) is 4.56. The van der Waals surface area contributed by atoms with E-state index < -0.39 is 0 Å². The Morgan fingerprint density at radius 1 is 1.47 bits per heavy atom. The van der Waals surface area contributed by atoms with Crippen molar-refractivity contribution < 1.29 is 4.79 Å². The maximum Gasteiger partial charge on any atom is 0.150 e. The van der Waals surface area contributed by atoms with Crippen LogP contribution in [-0.4, -0.2) is 21.4 Å². The van der Waals surface area contributed by atoms with Crippen molar-refractivity contribution in [3.05, 3.63) is 35.9 Å². The Balaban J connectivity index is 2.02. The van der Waals surface area contributed by atoms with Gasteiger partial charge in [0.2, 0.25) is 0 Å². The van der Waals surface area contributed by atoms with Crippen molar-refractivity contribution in [3.63, 3.8) is 0 Å². The van der Waals surface area contributed by atoms with E-state index in [0.29, 0.717) is 10.8 Å². The van der Waals surface area contributed by atoms with Crippen LogP contribution in [0.15, 0.2) is 24.5 Å². The van der Waals surface area contributed by atoms with Crippen molar-refractivity contribution in [1.82, 2.24) is 9.38 Å². The number of hydrogen-bond acceptors (Lipinski definition) is 3. The van der Waals surface area contributed by atoms with Gasteiger partial charge in [-0.05, 0) is 30.7 Å². The SMILES string of the molecule is O=Cc1ccn2c(C3CCCCS3)ncc2c1. The molecule has 1 unspecified atom stereocenters. The van der Waals surface area contributed by atoms with E-state index in [1.165, 1.54) is 25.0 Å². The number of nitrogens with zero attached hydrogens (tertiary/aromatic N) is 2. The number of thioether (sulfide) groups is 1. The summed E-state index contributed by atoms with van der Waals surface area (Å²) in [5.74, 6) is 2.36. The van der Waals surface area contributed by atoms with Gasteiger partial charge in [-0.1, -0.05) is 6.42 Å². The lowest BCUT2D eigenvalue weighted by Crippen LogP contribution is -2.06. The second kappa shape index (κ2) is 4.53. The van der Waals surface area contributed by atoms with Crippen LogP contribution in [0.25, 0.3) is 5.52 Å². The van der Waals surface area contributed by atoms with Crippen LogP contribution in [-0.2, 0) is 0 Å². The van der Waals surface area contributed by atoms with Crippen LogP contribution in [0.4, 0.5) is 0 Å². The Hall–Kier alpha value is -1.29. The summed E-state index contributed by atoms with van der Waals surface area (Å²) >= 11 is 1.99. The van der Waals surface area contributed by atoms with Gasteiger partial charge in [-0.25, -0.2) is 4.98 Å². The molecule has 88 valence electrons. The highest BCUT2D eigenvalue weighted by Gasteiger charge is 2.20. The van der Waals surface area contributed by atoms with Crippen LogP contribution < -0.4 is 0 Å². The lowest BCUT2D eigenvalue weighted by Gasteiger charge is -2.20. The van der Waals surface area contributed by atoms with Gasteiger partial charge in [0, 0.05) is 11.8 Å². The molecule has 1 fully saturated rings. The van der Waals surface area contributed by atoms with E-state index in [-0.39, 0.29) is 0 Å². The topological polar surface area (TPSA) is 34.4 Å². The zero-order valence-corrected chi connectivity index (χ0v) is 10.3. The molecule has 0 saturated carbocycles. The minimum Gasteiger partial charge on any atom is -0.303 e. The fourth-order valence-corrected chi connectivity index (χ4v) is 3.61. The molecule has 0 radical (unpaired) electrons. The quantitative estimate of drug-likeness (QED) is 0.764. The summed E-state index contributed by atoms with van der Waals surface area (Å²) in [4.78, 5) is 15.2. The van der Waals surface area contributed by atoms with Gasteiger partial charge < -0.3 is 4.40 Å². The normalized spacial score (nSPS) is 20.6. The second-order valence-electron chi connectivity index (χ2n) is 4.34. The summed E-state index contributed by atoms with van der Waals surface area (Å²) in [6.07, 6.45) is 8.51. The van der Waals surface area contributed by atoms with Gasteiger partial charge in [0.15, 0.2) is 0 Å². The molecule has 3 rings (SSSR count). The Labute approximate surface area is 104 Å². The highest BCUT2D eigenvalue weighted by molar-refractivity contribution is 7.99. The fraction of sp³-hybridized carbons (Fsp3) is 0.385. The van der Waals surface area contributed by atoms with Crippen molar-refractivity contribution in [1.29, 1.82) is 0 Å². The Kier molecular flexibility index (Phi) is 2.89. The summed E-state index contributed by atoms with van der Waals surface area (Å²) in [6, 6.07) is 3.73. The third kappa shape index (κ3) is 1.97. The molecule has 1 atom stereocenters. The molecule has 3 nitrogen and oxygen atoms in total. The van der Waals surface area contributed by atoms with Crippen LogP contribution in [0, 0.1) is 0 Å². The molecule has 0 spiro atoms. The minimum atomic E-state index is 0.508. The number of rotatable bonds is 2. The summed E-state index contributed by atoms with van der Waals surface area (Å²) in [5, 5.41) is 0.508. The van der Waals surface area contributed by atoms with Crippen molar-refractivity contribution in [2.45, 2.75) is 24.5 Å². The average molecular weight is 246 g/mol. The standard InChI is InChI=1S/C13H14N2OS/c16-9-10-4-5-15-11(7-10)8-14-13(15)12-3-1-2-6-17-12/h4-5,7-9,12H,1-3,6H2. The molecule has 0 N–H and O–H groups in total. The molecular weight excluding hydrogens is 232 g/mol. The first kappa shape index (κ1) is 10.8. The molecule has 1 saturated heterocycles. The number of aromatic nitrogens is 2. The van der Waals surface area contributed by atoms with E-state index in [1.807, 2.05) is 36.3 Å². The molecule has 3 heterocycles. The van der Waals surface area contributed by atoms with Gasteiger partial charge in [0.05, 0.1) is 17.0 Å². The van der Waals surface area contributed by atoms with Gasteiger partial charge in [0.25, 0.3) is 0 Å². The van der Waals surface area contributed by atoms with E-state index in [2.05, 4.69) is 9.38 Å². The molecule has 2 aromatic rings. The van der Waals surface area contributed by atoms with E-state index in [4.69, 9.17) is 0 Å². The molecule has 0 aliphatic carbocycles. The van der Waals surface area contributed by atoms with E-state index in [0.717, 1.165) is 17.6 Å².